The summed E-state index contributed by atoms with van der Waals surface area (Å²) in [6.07, 6.45) is 9.91. The summed E-state index contributed by atoms with van der Waals surface area (Å²) in [5.74, 6) is 0.665. The average Bonchev–Trinajstić information content (AvgIpc) is 3.31. The first-order valence-electron chi connectivity index (χ1n) is 17.0. The molecule has 5 aliphatic rings. The SMILES string of the molecule is C=C(CO)[C@@H]1CC[C@]2(C(=O)NC(CC(C)C)C(=O)O)CC[C@]3(C)[C@H](CC[C@@H]4[C@@]5(C)CC[C@H](O)C(C)(C)[C@@H]5CC[C@]43C)[C@@H]12. The molecule has 0 aromatic carbocycles. The van der Waals surface area contributed by atoms with Gasteiger partial charge in [0.2, 0.25) is 5.91 Å². The Morgan fingerprint density at radius 3 is 2.19 bits per heavy atom. The van der Waals surface area contributed by atoms with Crippen LogP contribution in [0.2, 0.25) is 0 Å². The van der Waals surface area contributed by atoms with Crippen LogP contribution in [-0.4, -0.2) is 45.9 Å². The maximum absolute atomic E-state index is 14.3. The summed E-state index contributed by atoms with van der Waals surface area (Å²) in [7, 11) is 0. The minimum Gasteiger partial charge on any atom is -0.480 e. The second-order valence-electron chi connectivity index (χ2n) is 17.2. The quantitative estimate of drug-likeness (QED) is 0.252. The molecule has 0 spiro atoms. The molecule has 5 aliphatic carbocycles. The van der Waals surface area contributed by atoms with Crippen LogP contribution < -0.4 is 5.32 Å². The zero-order valence-electron chi connectivity index (χ0n) is 27.5. The maximum Gasteiger partial charge on any atom is 0.326 e. The van der Waals surface area contributed by atoms with Crippen LogP contribution >= 0.6 is 0 Å². The molecule has 0 aliphatic heterocycles. The first kappa shape index (κ1) is 32.0. The van der Waals surface area contributed by atoms with Gasteiger partial charge >= 0.3 is 5.97 Å². The highest BCUT2D eigenvalue weighted by Crippen LogP contribution is 2.77. The van der Waals surface area contributed by atoms with Crippen molar-refractivity contribution in [3.63, 3.8) is 0 Å². The van der Waals surface area contributed by atoms with E-state index in [1.807, 2.05) is 13.8 Å². The molecule has 42 heavy (non-hydrogen) atoms. The molecule has 0 aromatic heterocycles. The molecule has 0 heterocycles. The third-order valence-corrected chi connectivity index (χ3v) is 14.9. The number of rotatable bonds is 7. The summed E-state index contributed by atoms with van der Waals surface area (Å²) in [5, 5.41) is 34.3. The highest BCUT2D eigenvalue weighted by Gasteiger charge is 2.72. The van der Waals surface area contributed by atoms with Crippen LogP contribution in [0.4, 0.5) is 0 Å². The van der Waals surface area contributed by atoms with Crippen LogP contribution in [0, 0.1) is 62.6 Å². The monoisotopic (exact) mass is 585 g/mol. The smallest absolute Gasteiger partial charge is 0.326 e. The number of aliphatic hydroxyl groups excluding tert-OH is 2. The van der Waals surface area contributed by atoms with Crippen molar-refractivity contribution >= 4 is 11.9 Å². The molecule has 238 valence electrons. The summed E-state index contributed by atoms with van der Waals surface area (Å²) in [6.45, 7) is 20.4. The summed E-state index contributed by atoms with van der Waals surface area (Å²) in [6, 6.07) is -0.880. The molecule has 1 unspecified atom stereocenters. The number of amides is 1. The molecule has 1 amide bonds. The lowest BCUT2D eigenvalue weighted by Crippen LogP contribution is -2.67. The molecule has 5 rings (SSSR count). The highest BCUT2D eigenvalue weighted by atomic mass is 16.4. The molecule has 5 fully saturated rings. The van der Waals surface area contributed by atoms with Crippen molar-refractivity contribution < 1.29 is 24.9 Å². The summed E-state index contributed by atoms with van der Waals surface area (Å²) < 4.78 is 0. The van der Waals surface area contributed by atoms with Crippen LogP contribution in [0.5, 0.6) is 0 Å². The van der Waals surface area contributed by atoms with E-state index in [0.29, 0.717) is 24.2 Å². The third kappa shape index (κ3) is 4.38. The van der Waals surface area contributed by atoms with Gasteiger partial charge in [-0.3, -0.25) is 4.79 Å². The van der Waals surface area contributed by atoms with Gasteiger partial charge in [-0.1, -0.05) is 55.0 Å². The van der Waals surface area contributed by atoms with Crippen molar-refractivity contribution in [1.82, 2.24) is 5.32 Å². The molecular formula is C36H59NO5. The van der Waals surface area contributed by atoms with Crippen LogP contribution in [0.15, 0.2) is 12.2 Å². The third-order valence-electron chi connectivity index (χ3n) is 14.9. The van der Waals surface area contributed by atoms with Gasteiger partial charge in [-0.15, -0.1) is 0 Å². The van der Waals surface area contributed by atoms with E-state index in [1.54, 1.807) is 0 Å². The average molecular weight is 586 g/mol. The first-order valence-corrected chi connectivity index (χ1v) is 17.0. The summed E-state index contributed by atoms with van der Waals surface area (Å²) >= 11 is 0. The largest absolute Gasteiger partial charge is 0.480 e. The standard InChI is InChI=1S/C36H59NO5/c1-21(2)19-25(30(40)41)37-31(42)36-16-11-23(22(3)20-38)29(36)24-9-10-27-33(6)14-13-28(39)32(4,5)26(33)12-15-35(27,8)34(24,7)17-18-36/h21,23-29,38-39H,3,9-20H2,1-2,4-8H3,(H,37,42)(H,40,41)/t23-,24+,25?,26-,27+,28-,29+,33-,34+,35+,36-/m0/s1. The summed E-state index contributed by atoms with van der Waals surface area (Å²) in [4.78, 5) is 26.5. The van der Waals surface area contributed by atoms with Gasteiger partial charge in [0, 0.05) is 0 Å². The number of aliphatic carboxylic acids is 1. The molecule has 0 saturated heterocycles. The molecule has 0 radical (unpaired) electrons. The highest BCUT2D eigenvalue weighted by molar-refractivity contribution is 5.88. The van der Waals surface area contributed by atoms with Crippen molar-refractivity contribution in [2.45, 2.75) is 131 Å². The van der Waals surface area contributed by atoms with Gasteiger partial charge in [-0.2, -0.15) is 0 Å². The van der Waals surface area contributed by atoms with Crippen molar-refractivity contribution in [1.29, 1.82) is 0 Å². The Bertz CT molecular complexity index is 1100. The predicted molar refractivity (Wildman–Crippen MR) is 165 cm³/mol. The topological polar surface area (TPSA) is 107 Å². The van der Waals surface area contributed by atoms with E-state index in [2.05, 4.69) is 46.5 Å². The van der Waals surface area contributed by atoms with Crippen LogP contribution in [0.25, 0.3) is 0 Å². The van der Waals surface area contributed by atoms with Crippen LogP contribution in [0.1, 0.15) is 119 Å². The Kier molecular flexibility index (Phi) is 8.08. The first-order chi connectivity index (χ1) is 19.5. The van der Waals surface area contributed by atoms with Gasteiger partial charge in [0.25, 0.3) is 0 Å². The minimum absolute atomic E-state index is 0.0427. The Morgan fingerprint density at radius 1 is 0.881 bits per heavy atom. The van der Waals surface area contributed by atoms with Crippen molar-refractivity contribution in [3.05, 3.63) is 12.2 Å². The lowest BCUT2D eigenvalue weighted by molar-refractivity contribution is -0.246. The minimum atomic E-state index is -0.960. The van der Waals surface area contributed by atoms with Gasteiger partial charge in [0.1, 0.15) is 6.04 Å². The number of aliphatic hydroxyl groups is 2. The number of hydrogen-bond donors (Lipinski definition) is 4. The van der Waals surface area contributed by atoms with E-state index in [1.165, 1.54) is 0 Å². The molecule has 5 saturated carbocycles. The molecule has 6 heteroatoms. The predicted octanol–water partition coefficient (Wildman–Crippen LogP) is 6.59. The number of hydrogen-bond acceptors (Lipinski definition) is 4. The van der Waals surface area contributed by atoms with E-state index >= 15 is 0 Å². The van der Waals surface area contributed by atoms with Crippen LogP contribution in [0.3, 0.4) is 0 Å². The Hall–Kier alpha value is -1.40. The Balaban J connectivity index is 1.52. The normalized spacial score (nSPS) is 46.5. The maximum atomic E-state index is 14.3. The zero-order valence-corrected chi connectivity index (χ0v) is 27.5. The Morgan fingerprint density at radius 2 is 1.57 bits per heavy atom. The molecule has 0 bridgehead atoms. The molecule has 11 atom stereocenters. The van der Waals surface area contributed by atoms with E-state index in [9.17, 15) is 24.9 Å². The summed E-state index contributed by atoms with van der Waals surface area (Å²) in [5.41, 5.74) is 0.488. The number of nitrogens with one attached hydrogen (secondary N) is 1. The van der Waals surface area contributed by atoms with Crippen molar-refractivity contribution in [2.24, 2.45) is 62.6 Å². The number of carboxylic acid groups (broad SMARTS) is 1. The second-order valence-corrected chi connectivity index (χ2v) is 17.2. The number of carbonyl (C=O) groups is 2. The second kappa shape index (κ2) is 10.6. The van der Waals surface area contributed by atoms with Crippen LogP contribution in [-0.2, 0) is 9.59 Å². The van der Waals surface area contributed by atoms with E-state index < -0.39 is 17.4 Å². The fourth-order valence-electron chi connectivity index (χ4n) is 12.5. The number of carboxylic acids is 1. The lowest BCUT2D eigenvalue weighted by atomic mass is 9.32. The number of fused-ring (bicyclic) bond motifs is 7. The fourth-order valence-corrected chi connectivity index (χ4v) is 12.5. The van der Waals surface area contributed by atoms with Gasteiger partial charge in [-0.25, -0.2) is 4.79 Å². The fraction of sp³-hybridized carbons (Fsp3) is 0.889. The molecule has 0 aromatic rings. The van der Waals surface area contributed by atoms with E-state index in [-0.39, 0.29) is 58.0 Å². The van der Waals surface area contributed by atoms with Crippen molar-refractivity contribution in [3.8, 4) is 0 Å². The van der Waals surface area contributed by atoms with Gasteiger partial charge in [-0.05, 0) is 133 Å². The zero-order chi connectivity index (χ0) is 31.0. The van der Waals surface area contributed by atoms with Crippen molar-refractivity contribution in [2.75, 3.05) is 6.61 Å². The van der Waals surface area contributed by atoms with Gasteiger partial charge in [0.05, 0.1) is 18.1 Å². The lowest BCUT2D eigenvalue weighted by Gasteiger charge is -2.72. The molecule has 6 nitrogen and oxygen atoms in total. The molecular weight excluding hydrogens is 526 g/mol. The van der Waals surface area contributed by atoms with Gasteiger partial charge < -0.3 is 20.6 Å². The Labute approximate surface area is 254 Å². The van der Waals surface area contributed by atoms with E-state index in [0.717, 1.165) is 69.8 Å². The molecule has 4 N–H and O–H groups in total. The van der Waals surface area contributed by atoms with E-state index in [4.69, 9.17) is 0 Å². The van der Waals surface area contributed by atoms with Gasteiger partial charge in [0.15, 0.2) is 0 Å². The number of carbonyl (C=O) groups excluding carboxylic acids is 1.